The summed E-state index contributed by atoms with van der Waals surface area (Å²) < 4.78 is 5.25. The molecule has 4 nitrogen and oxygen atoms in total. The van der Waals surface area contributed by atoms with Crippen LogP contribution in [0, 0.1) is 11.3 Å². The van der Waals surface area contributed by atoms with Crippen LogP contribution in [-0.4, -0.2) is 36.6 Å². The molecular formula is C16H20N2O2. The molecule has 1 fully saturated rings. The highest BCUT2D eigenvalue weighted by Crippen LogP contribution is 2.24. The fourth-order valence-electron chi connectivity index (χ4n) is 2.56. The van der Waals surface area contributed by atoms with Crippen molar-refractivity contribution in [2.75, 3.05) is 19.8 Å². The minimum absolute atomic E-state index is 0.0514. The molecule has 20 heavy (non-hydrogen) atoms. The molecule has 1 aromatic rings. The van der Waals surface area contributed by atoms with E-state index in [0.717, 1.165) is 6.42 Å². The smallest absolute Gasteiger partial charge is 0.224 e. The highest BCUT2D eigenvalue weighted by Gasteiger charge is 2.28. The van der Waals surface area contributed by atoms with Crippen LogP contribution in [0.25, 0.3) is 0 Å². The SMILES string of the molecule is CC[C@H](CC(=O)N1CCOC[C@H]1C#N)c1ccccc1. The van der Waals surface area contributed by atoms with Gasteiger partial charge in [0.2, 0.25) is 5.91 Å². The molecule has 1 aliphatic rings. The van der Waals surface area contributed by atoms with E-state index in [-0.39, 0.29) is 11.8 Å². The van der Waals surface area contributed by atoms with E-state index in [1.54, 1.807) is 4.90 Å². The number of amides is 1. The largest absolute Gasteiger partial charge is 0.376 e. The summed E-state index contributed by atoms with van der Waals surface area (Å²) in [5.74, 6) is 0.265. The van der Waals surface area contributed by atoms with Crippen LogP contribution in [0.4, 0.5) is 0 Å². The van der Waals surface area contributed by atoms with E-state index in [4.69, 9.17) is 10.00 Å². The number of rotatable bonds is 4. The van der Waals surface area contributed by atoms with Crippen molar-refractivity contribution in [2.24, 2.45) is 0 Å². The van der Waals surface area contributed by atoms with Crippen LogP contribution in [0.15, 0.2) is 30.3 Å². The van der Waals surface area contributed by atoms with Gasteiger partial charge >= 0.3 is 0 Å². The number of nitrogens with zero attached hydrogens (tertiary/aromatic N) is 2. The monoisotopic (exact) mass is 272 g/mol. The lowest BCUT2D eigenvalue weighted by Gasteiger charge is -2.32. The summed E-state index contributed by atoms with van der Waals surface area (Å²) in [7, 11) is 0. The van der Waals surface area contributed by atoms with Gasteiger partial charge in [-0.25, -0.2) is 0 Å². The molecule has 1 saturated heterocycles. The molecule has 0 aromatic heterocycles. The quantitative estimate of drug-likeness (QED) is 0.845. The molecule has 2 rings (SSSR count). The number of ether oxygens (including phenoxy) is 1. The van der Waals surface area contributed by atoms with Crippen molar-refractivity contribution in [1.29, 1.82) is 5.26 Å². The fourth-order valence-corrected chi connectivity index (χ4v) is 2.56. The molecule has 4 heteroatoms. The lowest BCUT2D eigenvalue weighted by Crippen LogP contribution is -2.48. The molecule has 0 aliphatic carbocycles. The number of benzene rings is 1. The van der Waals surface area contributed by atoms with Crippen LogP contribution in [0.1, 0.15) is 31.2 Å². The normalized spacial score (nSPS) is 20.2. The Bertz CT molecular complexity index is 481. The molecule has 0 spiro atoms. The molecule has 0 radical (unpaired) electrons. The average Bonchev–Trinajstić information content (AvgIpc) is 2.53. The predicted octanol–water partition coefficient (Wildman–Crippen LogP) is 2.32. The highest BCUT2D eigenvalue weighted by atomic mass is 16.5. The Hall–Kier alpha value is -1.86. The zero-order chi connectivity index (χ0) is 14.4. The average molecular weight is 272 g/mol. The Balaban J connectivity index is 2.04. The van der Waals surface area contributed by atoms with E-state index in [1.807, 2.05) is 18.2 Å². The summed E-state index contributed by atoms with van der Waals surface area (Å²) in [4.78, 5) is 14.1. The van der Waals surface area contributed by atoms with Crippen LogP contribution in [0.2, 0.25) is 0 Å². The number of carbonyl (C=O) groups excluding carboxylic acids is 1. The molecule has 1 amide bonds. The molecule has 0 saturated carbocycles. The van der Waals surface area contributed by atoms with E-state index in [0.29, 0.717) is 26.2 Å². The van der Waals surface area contributed by atoms with Crippen LogP contribution in [0.3, 0.4) is 0 Å². The van der Waals surface area contributed by atoms with Crippen molar-refractivity contribution >= 4 is 5.91 Å². The minimum Gasteiger partial charge on any atom is -0.376 e. The molecule has 1 aromatic carbocycles. The van der Waals surface area contributed by atoms with Crippen molar-refractivity contribution in [3.05, 3.63) is 35.9 Å². The first-order valence-corrected chi connectivity index (χ1v) is 7.08. The van der Waals surface area contributed by atoms with Crippen LogP contribution in [-0.2, 0) is 9.53 Å². The Morgan fingerprint density at radius 1 is 1.50 bits per heavy atom. The van der Waals surface area contributed by atoms with Gasteiger partial charge in [0.1, 0.15) is 6.04 Å². The van der Waals surface area contributed by atoms with Gasteiger partial charge in [0.25, 0.3) is 0 Å². The topological polar surface area (TPSA) is 53.3 Å². The van der Waals surface area contributed by atoms with Gasteiger partial charge in [0.15, 0.2) is 0 Å². The zero-order valence-electron chi connectivity index (χ0n) is 11.8. The summed E-state index contributed by atoms with van der Waals surface area (Å²) >= 11 is 0. The van der Waals surface area contributed by atoms with Gasteiger partial charge in [-0.15, -0.1) is 0 Å². The van der Waals surface area contributed by atoms with Crippen molar-refractivity contribution in [2.45, 2.75) is 31.7 Å². The predicted molar refractivity (Wildman–Crippen MR) is 76.0 cm³/mol. The molecule has 0 bridgehead atoms. The lowest BCUT2D eigenvalue weighted by atomic mass is 9.92. The lowest BCUT2D eigenvalue weighted by molar-refractivity contribution is -0.138. The molecule has 0 unspecified atom stereocenters. The van der Waals surface area contributed by atoms with Crippen molar-refractivity contribution < 1.29 is 9.53 Å². The number of hydrogen-bond donors (Lipinski definition) is 0. The third-order valence-corrected chi connectivity index (χ3v) is 3.78. The van der Waals surface area contributed by atoms with E-state index in [2.05, 4.69) is 25.1 Å². The van der Waals surface area contributed by atoms with Gasteiger partial charge in [-0.3, -0.25) is 4.79 Å². The van der Waals surface area contributed by atoms with E-state index < -0.39 is 6.04 Å². The first-order valence-electron chi connectivity index (χ1n) is 7.08. The fraction of sp³-hybridized carbons (Fsp3) is 0.500. The van der Waals surface area contributed by atoms with Crippen molar-refractivity contribution in [3.8, 4) is 6.07 Å². The molecule has 106 valence electrons. The number of morpholine rings is 1. The standard InChI is InChI=1S/C16H20N2O2/c1-2-13(14-6-4-3-5-7-14)10-16(19)18-8-9-20-12-15(18)11-17/h3-7,13,15H,2,8-10,12H2,1H3/t13-,15-/m1/s1. The summed E-state index contributed by atoms with van der Waals surface area (Å²) in [6, 6.07) is 11.8. The van der Waals surface area contributed by atoms with E-state index in [9.17, 15) is 4.79 Å². The maximum absolute atomic E-state index is 12.4. The number of carbonyl (C=O) groups is 1. The summed E-state index contributed by atoms with van der Waals surface area (Å²) in [6.07, 6.45) is 1.37. The summed E-state index contributed by atoms with van der Waals surface area (Å²) in [5, 5.41) is 9.09. The summed E-state index contributed by atoms with van der Waals surface area (Å²) in [6.45, 7) is 3.45. The van der Waals surface area contributed by atoms with Crippen LogP contribution < -0.4 is 0 Å². The highest BCUT2D eigenvalue weighted by molar-refractivity contribution is 5.78. The van der Waals surface area contributed by atoms with Crippen molar-refractivity contribution in [3.63, 3.8) is 0 Å². The third-order valence-electron chi connectivity index (χ3n) is 3.78. The Morgan fingerprint density at radius 3 is 2.90 bits per heavy atom. The summed E-state index contributed by atoms with van der Waals surface area (Å²) in [5.41, 5.74) is 1.19. The van der Waals surface area contributed by atoms with Gasteiger partial charge < -0.3 is 9.64 Å². The Morgan fingerprint density at radius 2 is 2.25 bits per heavy atom. The zero-order valence-corrected chi connectivity index (χ0v) is 11.8. The maximum atomic E-state index is 12.4. The van der Waals surface area contributed by atoms with Gasteiger partial charge in [0.05, 0.1) is 19.3 Å². The Labute approximate surface area is 120 Å². The number of nitriles is 1. The first kappa shape index (κ1) is 14.5. The Kier molecular flexibility index (Phi) is 5.14. The van der Waals surface area contributed by atoms with Crippen LogP contribution >= 0.6 is 0 Å². The third kappa shape index (κ3) is 3.37. The van der Waals surface area contributed by atoms with Gasteiger partial charge in [-0.05, 0) is 17.9 Å². The molecule has 2 atom stereocenters. The minimum atomic E-state index is -0.440. The molecule has 0 N–H and O–H groups in total. The first-order chi connectivity index (χ1) is 9.76. The second-order valence-electron chi connectivity index (χ2n) is 5.03. The van der Waals surface area contributed by atoms with Crippen molar-refractivity contribution in [1.82, 2.24) is 4.90 Å². The molecular weight excluding hydrogens is 252 g/mol. The van der Waals surface area contributed by atoms with Gasteiger partial charge in [-0.1, -0.05) is 37.3 Å². The number of hydrogen-bond acceptors (Lipinski definition) is 3. The van der Waals surface area contributed by atoms with E-state index in [1.165, 1.54) is 5.56 Å². The second kappa shape index (κ2) is 7.06. The van der Waals surface area contributed by atoms with Gasteiger partial charge in [-0.2, -0.15) is 5.26 Å². The maximum Gasteiger partial charge on any atom is 0.224 e. The molecule has 1 aliphatic heterocycles. The molecule has 1 heterocycles. The second-order valence-corrected chi connectivity index (χ2v) is 5.03. The van der Waals surface area contributed by atoms with Crippen LogP contribution in [0.5, 0.6) is 0 Å². The van der Waals surface area contributed by atoms with E-state index >= 15 is 0 Å². The van der Waals surface area contributed by atoms with Gasteiger partial charge in [0, 0.05) is 13.0 Å².